The molecule has 0 saturated heterocycles. The predicted octanol–water partition coefficient (Wildman–Crippen LogP) is 3.85. The first-order valence-corrected chi connectivity index (χ1v) is 5.71. The molecule has 1 aromatic heterocycles. The number of furan rings is 1. The molecule has 1 heterocycles. The summed E-state index contributed by atoms with van der Waals surface area (Å²) in [5, 5.41) is 2.66. The summed E-state index contributed by atoms with van der Waals surface area (Å²) in [6, 6.07) is 4.24. The SMILES string of the molecule is CNC(=O)Oc1cc2cc(Br)cc(C(F)F)c2o1. The van der Waals surface area contributed by atoms with E-state index in [4.69, 9.17) is 9.15 Å². The highest BCUT2D eigenvalue weighted by atomic mass is 79.9. The first kappa shape index (κ1) is 12.8. The van der Waals surface area contributed by atoms with Gasteiger partial charge in [-0.25, -0.2) is 13.6 Å². The van der Waals surface area contributed by atoms with Crippen LogP contribution in [0.5, 0.6) is 5.95 Å². The van der Waals surface area contributed by atoms with Crippen LogP contribution in [0.3, 0.4) is 0 Å². The highest BCUT2D eigenvalue weighted by Gasteiger charge is 2.18. The molecular formula is C11H8BrF2NO3. The third kappa shape index (κ3) is 2.45. The van der Waals surface area contributed by atoms with E-state index in [-0.39, 0.29) is 17.1 Å². The van der Waals surface area contributed by atoms with Gasteiger partial charge in [-0.15, -0.1) is 0 Å². The number of hydrogen-bond donors (Lipinski definition) is 1. The van der Waals surface area contributed by atoms with Crippen molar-refractivity contribution in [3.05, 3.63) is 28.2 Å². The van der Waals surface area contributed by atoms with E-state index in [1.165, 1.54) is 19.2 Å². The topological polar surface area (TPSA) is 51.5 Å². The lowest BCUT2D eigenvalue weighted by atomic mass is 10.1. The maximum absolute atomic E-state index is 12.8. The molecule has 0 aliphatic carbocycles. The molecule has 4 nitrogen and oxygen atoms in total. The number of halogens is 3. The summed E-state index contributed by atoms with van der Waals surface area (Å²) in [6.45, 7) is 0. The van der Waals surface area contributed by atoms with Gasteiger partial charge in [-0.3, -0.25) is 0 Å². The van der Waals surface area contributed by atoms with E-state index < -0.39 is 12.5 Å². The Balaban J connectivity index is 2.50. The second kappa shape index (κ2) is 4.93. The van der Waals surface area contributed by atoms with Gasteiger partial charge in [-0.1, -0.05) is 15.9 Å². The van der Waals surface area contributed by atoms with Crippen molar-refractivity contribution in [2.75, 3.05) is 7.05 Å². The maximum atomic E-state index is 12.8. The second-order valence-corrected chi connectivity index (χ2v) is 4.33. The van der Waals surface area contributed by atoms with Crippen LogP contribution in [0.2, 0.25) is 0 Å². The van der Waals surface area contributed by atoms with Gasteiger partial charge in [0, 0.05) is 23.0 Å². The van der Waals surface area contributed by atoms with E-state index in [9.17, 15) is 13.6 Å². The van der Waals surface area contributed by atoms with Crippen LogP contribution >= 0.6 is 15.9 Å². The van der Waals surface area contributed by atoms with Crippen molar-refractivity contribution in [1.29, 1.82) is 0 Å². The van der Waals surface area contributed by atoms with E-state index in [2.05, 4.69) is 21.2 Å². The van der Waals surface area contributed by atoms with Gasteiger partial charge in [0.05, 0.1) is 5.56 Å². The fraction of sp³-hybridized carbons (Fsp3) is 0.182. The van der Waals surface area contributed by atoms with Crippen molar-refractivity contribution in [3.63, 3.8) is 0 Å². The summed E-state index contributed by atoms with van der Waals surface area (Å²) < 4.78 is 36.0. The smallest absolute Gasteiger partial charge is 0.414 e. The minimum absolute atomic E-state index is 0.00658. The highest BCUT2D eigenvalue weighted by molar-refractivity contribution is 9.10. The van der Waals surface area contributed by atoms with Crippen molar-refractivity contribution in [2.24, 2.45) is 0 Å². The Labute approximate surface area is 109 Å². The standard InChI is InChI=1S/C11H8BrF2NO3/c1-15-11(16)18-8-3-5-2-6(12)4-7(10(13)14)9(5)17-8/h2-4,10H,1H3,(H,15,16). The highest BCUT2D eigenvalue weighted by Crippen LogP contribution is 2.35. The van der Waals surface area contributed by atoms with Crippen LogP contribution < -0.4 is 10.1 Å². The van der Waals surface area contributed by atoms with E-state index in [0.29, 0.717) is 9.86 Å². The van der Waals surface area contributed by atoms with Gasteiger partial charge < -0.3 is 14.5 Å². The number of amides is 1. The normalized spacial score (nSPS) is 10.9. The molecule has 0 spiro atoms. The van der Waals surface area contributed by atoms with Crippen LogP contribution in [-0.4, -0.2) is 13.1 Å². The molecule has 1 aromatic carbocycles. The number of carbonyl (C=O) groups is 1. The van der Waals surface area contributed by atoms with Gasteiger partial charge in [0.25, 0.3) is 12.4 Å². The second-order valence-electron chi connectivity index (χ2n) is 3.42. The number of rotatable bonds is 2. The number of hydrogen-bond acceptors (Lipinski definition) is 3. The van der Waals surface area contributed by atoms with Crippen LogP contribution in [0.1, 0.15) is 12.0 Å². The Morgan fingerprint density at radius 1 is 1.44 bits per heavy atom. The molecule has 7 heteroatoms. The third-order valence-electron chi connectivity index (χ3n) is 2.22. The average molecular weight is 320 g/mol. The molecule has 0 unspecified atom stereocenters. The lowest BCUT2D eigenvalue weighted by Gasteiger charge is -2.01. The summed E-state index contributed by atoms with van der Waals surface area (Å²) in [5.41, 5.74) is -0.252. The molecule has 0 aliphatic heterocycles. The maximum Gasteiger partial charge on any atom is 0.414 e. The summed E-state index contributed by atoms with van der Waals surface area (Å²) in [7, 11) is 1.38. The molecule has 0 saturated carbocycles. The van der Waals surface area contributed by atoms with Gasteiger partial charge in [0.1, 0.15) is 5.58 Å². The van der Waals surface area contributed by atoms with Crippen molar-refractivity contribution >= 4 is 33.0 Å². The summed E-state index contributed by atoms with van der Waals surface area (Å²) in [5.74, 6) is -0.135. The van der Waals surface area contributed by atoms with Crippen LogP contribution in [0.4, 0.5) is 13.6 Å². The molecule has 1 amide bonds. The number of alkyl halides is 2. The van der Waals surface area contributed by atoms with Gasteiger partial charge in [0.2, 0.25) is 0 Å². The molecule has 18 heavy (non-hydrogen) atoms. The third-order valence-corrected chi connectivity index (χ3v) is 2.68. The van der Waals surface area contributed by atoms with Gasteiger partial charge in [-0.2, -0.15) is 0 Å². The molecular weight excluding hydrogens is 312 g/mol. The average Bonchev–Trinajstić information content (AvgIpc) is 2.69. The summed E-state index contributed by atoms with van der Waals surface area (Å²) >= 11 is 3.13. The van der Waals surface area contributed by atoms with Crippen molar-refractivity contribution in [1.82, 2.24) is 5.32 Å². The molecule has 0 aliphatic rings. The van der Waals surface area contributed by atoms with Crippen LogP contribution in [0, 0.1) is 0 Å². The van der Waals surface area contributed by atoms with Gasteiger partial charge >= 0.3 is 6.09 Å². The summed E-state index contributed by atoms with van der Waals surface area (Å²) in [4.78, 5) is 11.0. The first-order chi connectivity index (χ1) is 8.51. The number of nitrogens with one attached hydrogen (secondary N) is 1. The zero-order valence-corrected chi connectivity index (χ0v) is 10.8. The fourth-order valence-electron chi connectivity index (χ4n) is 1.47. The first-order valence-electron chi connectivity index (χ1n) is 4.92. The zero-order chi connectivity index (χ0) is 13.3. The summed E-state index contributed by atoms with van der Waals surface area (Å²) in [6.07, 6.45) is -3.41. The predicted molar refractivity (Wildman–Crippen MR) is 64.0 cm³/mol. The Morgan fingerprint density at radius 3 is 2.78 bits per heavy atom. The van der Waals surface area contributed by atoms with E-state index in [0.717, 1.165) is 0 Å². The quantitative estimate of drug-likeness (QED) is 0.914. The van der Waals surface area contributed by atoms with E-state index >= 15 is 0 Å². The van der Waals surface area contributed by atoms with Gasteiger partial charge in [0.15, 0.2) is 0 Å². The lowest BCUT2D eigenvalue weighted by Crippen LogP contribution is -2.21. The molecule has 2 rings (SSSR count). The molecule has 0 fully saturated rings. The molecule has 0 atom stereocenters. The molecule has 0 radical (unpaired) electrons. The molecule has 96 valence electrons. The molecule has 0 bridgehead atoms. The van der Waals surface area contributed by atoms with Crippen molar-refractivity contribution < 1.29 is 22.7 Å². The van der Waals surface area contributed by atoms with Crippen molar-refractivity contribution in [3.8, 4) is 5.95 Å². The number of carbonyl (C=O) groups excluding carboxylic acids is 1. The Morgan fingerprint density at radius 2 is 2.17 bits per heavy atom. The number of fused-ring (bicyclic) bond motifs is 1. The Bertz CT molecular complexity index is 597. The molecule has 1 N–H and O–H groups in total. The monoisotopic (exact) mass is 319 g/mol. The van der Waals surface area contributed by atoms with Crippen LogP contribution in [-0.2, 0) is 0 Å². The largest absolute Gasteiger partial charge is 0.425 e. The minimum atomic E-state index is -2.68. The minimum Gasteiger partial charge on any atom is -0.425 e. The van der Waals surface area contributed by atoms with Crippen molar-refractivity contribution in [2.45, 2.75) is 6.43 Å². The molecule has 2 aromatic rings. The number of ether oxygens (including phenoxy) is 1. The zero-order valence-electron chi connectivity index (χ0n) is 9.17. The number of benzene rings is 1. The van der Waals surface area contributed by atoms with Crippen LogP contribution in [0.25, 0.3) is 11.0 Å². The van der Waals surface area contributed by atoms with Crippen LogP contribution in [0.15, 0.2) is 27.1 Å². The van der Waals surface area contributed by atoms with Gasteiger partial charge in [-0.05, 0) is 12.1 Å². The Hall–Kier alpha value is -1.63. The fourth-order valence-corrected chi connectivity index (χ4v) is 1.97. The van der Waals surface area contributed by atoms with E-state index in [1.807, 2.05) is 0 Å². The Kier molecular flexibility index (Phi) is 3.51. The lowest BCUT2D eigenvalue weighted by molar-refractivity contribution is 0.151. The van der Waals surface area contributed by atoms with E-state index in [1.54, 1.807) is 6.07 Å².